The Labute approximate surface area is 182 Å². The average Bonchev–Trinajstić information content (AvgIpc) is 3.41. The second-order valence-electron chi connectivity index (χ2n) is 9.36. The number of hydrogen-bond acceptors (Lipinski definition) is 4. The number of amides is 1. The minimum atomic E-state index is -0.846. The van der Waals surface area contributed by atoms with Gasteiger partial charge in [0.2, 0.25) is 5.91 Å². The van der Waals surface area contributed by atoms with Gasteiger partial charge in [-0.2, -0.15) is 5.26 Å². The minimum absolute atomic E-state index is 0.127. The van der Waals surface area contributed by atoms with Crippen LogP contribution in [0.4, 0.5) is 5.00 Å². The van der Waals surface area contributed by atoms with Crippen molar-refractivity contribution in [2.45, 2.75) is 83.5 Å². The molecule has 1 aromatic rings. The Kier molecular flexibility index (Phi) is 6.77. The molecule has 0 radical (unpaired) electrons. The monoisotopic (exact) mass is 428 g/mol. The fourth-order valence-corrected chi connectivity index (χ4v) is 7.29. The van der Waals surface area contributed by atoms with Crippen molar-refractivity contribution in [2.75, 3.05) is 5.32 Å². The van der Waals surface area contributed by atoms with E-state index in [1.54, 1.807) is 11.3 Å². The molecule has 5 nitrogen and oxygen atoms in total. The number of carbonyl (C=O) groups excluding carboxylic acids is 1. The summed E-state index contributed by atoms with van der Waals surface area (Å²) in [5.74, 6) is -1.78. The number of anilines is 1. The van der Waals surface area contributed by atoms with E-state index in [0.29, 0.717) is 10.6 Å². The first-order valence-corrected chi connectivity index (χ1v) is 12.5. The molecule has 4 atom stereocenters. The van der Waals surface area contributed by atoms with Gasteiger partial charge in [0.05, 0.1) is 17.4 Å². The standard InChI is InChI=1S/C24H32N2O3S/c25-14-18-17-9-7-5-3-1-2-4-6-8-10-19(17)30-23(18)26-22(27)20-15-11-12-16(13-15)21(20)24(28)29/h15-16,20-21H,1-13H2,(H,26,27)(H,28,29)/t15-,16+,20+,21+/m1/s1. The lowest BCUT2D eigenvalue weighted by atomic mass is 9.79. The molecule has 0 saturated heterocycles. The number of thiophene rings is 1. The van der Waals surface area contributed by atoms with Crippen LogP contribution in [-0.2, 0) is 22.4 Å². The number of nitrogens with zero attached hydrogens (tertiary/aromatic N) is 1. The third kappa shape index (κ3) is 4.27. The van der Waals surface area contributed by atoms with E-state index < -0.39 is 17.8 Å². The summed E-state index contributed by atoms with van der Waals surface area (Å²) >= 11 is 1.55. The molecule has 2 saturated carbocycles. The predicted octanol–water partition coefficient (Wildman–Crippen LogP) is 5.52. The summed E-state index contributed by atoms with van der Waals surface area (Å²) in [6.45, 7) is 0. The number of aryl methyl sites for hydroxylation is 1. The third-order valence-electron chi connectivity index (χ3n) is 7.52. The van der Waals surface area contributed by atoms with E-state index in [0.717, 1.165) is 50.5 Å². The van der Waals surface area contributed by atoms with Gasteiger partial charge in [-0.15, -0.1) is 11.3 Å². The second-order valence-corrected chi connectivity index (χ2v) is 10.5. The summed E-state index contributed by atoms with van der Waals surface area (Å²) in [6.07, 6.45) is 14.3. The van der Waals surface area contributed by atoms with Crippen molar-refractivity contribution >= 4 is 28.2 Å². The molecule has 162 valence electrons. The van der Waals surface area contributed by atoms with Gasteiger partial charge in [-0.3, -0.25) is 9.59 Å². The van der Waals surface area contributed by atoms with Crippen LogP contribution in [0.25, 0.3) is 0 Å². The average molecular weight is 429 g/mol. The largest absolute Gasteiger partial charge is 0.481 e. The number of carbonyl (C=O) groups is 2. The minimum Gasteiger partial charge on any atom is -0.481 e. The molecule has 1 heterocycles. The van der Waals surface area contributed by atoms with E-state index in [1.165, 1.54) is 43.4 Å². The molecule has 2 fully saturated rings. The second kappa shape index (κ2) is 9.51. The van der Waals surface area contributed by atoms with Crippen LogP contribution in [0, 0.1) is 35.0 Å². The Balaban J connectivity index is 1.55. The molecule has 6 heteroatoms. The topological polar surface area (TPSA) is 90.2 Å². The number of aliphatic carboxylic acids is 1. The molecule has 3 aliphatic rings. The highest BCUT2D eigenvalue weighted by Gasteiger charge is 2.54. The van der Waals surface area contributed by atoms with Crippen LogP contribution in [0.1, 0.15) is 86.6 Å². The zero-order valence-corrected chi connectivity index (χ0v) is 18.4. The highest BCUT2D eigenvalue weighted by Crippen LogP contribution is 2.53. The van der Waals surface area contributed by atoms with E-state index in [2.05, 4.69) is 11.4 Å². The highest BCUT2D eigenvalue weighted by atomic mass is 32.1. The normalized spacial score (nSPS) is 29.3. The smallest absolute Gasteiger partial charge is 0.307 e. The molecule has 0 aliphatic heterocycles. The van der Waals surface area contributed by atoms with E-state index in [1.807, 2.05) is 0 Å². The lowest BCUT2D eigenvalue weighted by Crippen LogP contribution is -2.37. The maximum atomic E-state index is 13.2. The summed E-state index contributed by atoms with van der Waals surface area (Å²) < 4.78 is 0. The maximum absolute atomic E-state index is 13.2. The van der Waals surface area contributed by atoms with Crippen LogP contribution in [-0.4, -0.2) is 17.0 Å². The summed E-state index contributed by atoms with van der Waals surface area (Å²) in [6, 6.07) is 2.36. The molecular weight excluding hydrogens is 396 g/mol. The fourth-order valence-electron chi connectivity index (χ4n) is 6.05. The molecule has 2 bridgehead atoms. The summed E-state index contributed by atoms with van der Waals surface area (Å²) in [5, 5.41) is 23.2. The fraction of sp³-hybridized carbons (Fsp3) is 0.708. The number of nitrogens with one attached hydrogen (secondary N) is 1. The van der Waals surface area contributed by atoms with Crippen molar-refractivity contribution in [1.29, 1.82) is 5.26 Å². The van der Waals surface area contributed by atoms with Gasteiger partial charge in [0, 0.05) is 4.88 Å². The van der Waals surface area contributed by atoms with E-state index in [9.17, 15) is 20.0 Å². The molecule has 2 N–H and O–H groups in total. The molecule has 0 aromatic carbocycles. The lowest BCUT2D eigenvalue weighted by molar-refractivity contribution is -0.148. The predicted molar refractivity (Wildman–Crippen MR) is 117 cm³/mol. The number of fused-ring (bicyclic) bond motifs is 3. The summed E-state index contributed by atoms with van der Waals surface area (Å²) in [5.41, 5.74) is 1.75. The third-order valence-corrected chi connectivity index (χ3v) is 8.73. The van der Waals surface area contributed by atoms with E-state index in [-0.39, 0.29) is 17.7 Å². The summed E-state index contributed by atoms with van der Waals surface area (Å²) in [7, 11) is 0. The number of nitriles is 1. The van der Waals surface area contributed by atoms with Crippen molar-refractivity contribution in [1.82, 2.24) is 0 Å². The molecule has 0 unspecified atom stereocenters. The van der Waals surface area contributed by atoms with Gasteiger partial charge in [-0.25, -0.2) is 0 Å². The SMILES string of the molecule is N#Cc1c(NC(=O)[C@H]2[C@@H]3CC[C@@H](C3)[C@@H]2C(=O)O)sc2c1CCCCCCCCCC2. The van der Waals surface area contributed by atoms with Gasteiger partial charge >= 0.3 is 5.97 Å². The zero-order chi connectivity index (χ0) is 21.1. The van der Waals surface area contributed by atoms with Gasteiger partial charge in [0.15, 0.2) is 0 Å². The molecule has 1 aromatic heterocycles. The molecule has 4 rings (SSSR count). The molecule has 0 spiro atoms. The van der Waals surface area contributed by atoms with Gasteiger partial charge < -0.3 is 10.4 Å². The Bertz CT molecular complexity index is 840. The number of carboxylic acids is 1. The number of hydrogen-bond donors (Lipinski definition) is 2. The van der Waals surface area contributed by atoms with Crippen molar-refractivity contribution in [3.8, 4) is 6.07 Å². The van der Waals surface area contributed by atoms with Crippen molar-refractivity contribution < 1.29 is 14.7 Å². The van der Waals surface area contributed by atoms with Crippen LogP contribution in [0.3, 0.4) is 0 Å². The Morgan fingerprint density at radius 3 is 2.17 bits per heavy atom. The molecule has 3 aliphatic carbocycles. The van der Waals surface area contributed by atoms with Gasteiger partial charge in [-0.05, 0) is 62.3 Å². The first-order valence-electron chi connectivity index (χ1n) is 11.7. The first-order chi connectivity index (χ1) is 14.6. The molecule has 1 amide bonds. The van der Waals surface area contributed by atoms with E-state index in [4.69, 9.17) is 0 Å². The Hall–Kier alpha value is -1.87. The Morgan fingerprint density at radius 2 is 1.53 bits per heavy atom. The molecular formula is C24H32N2O3S. The molecule has 30 heavy (non-hydrogen) atoms. The van der Waals surface area contributed by atoms with Crippen LogP contribution in [0.15, 0.2) is 0 Å². The van der Waals surface area contributed by atoms with Crippen molar-refractivity contribution in [3.05, 3.63) is 16.0 Å². The Morgan fingerprint density at radius 1 is 0.933 bits per heavy atom. The number of rotatable bonds is 3. The van der Waals surface area contributed by atoms with Crippen molar-refractivity contribution in [3.63, 3.8) is 0 Å². The van der Waals surface area contributed by atoms with Gasteiger partial charge in [0.25, 0.3) is 0 Å². The van der Waals surface area contributed by atoms with Crippen LogP contribution in [0.5, 0.6) is 0 Å². The van der Waals surface area contributed by atoms with Gasteiger partial charge in [-0.1, -0.05) is 38.5 Å². The van der Waals surface area contributed by atoms with Crippen LogP contribution < -0.4 is 5.32 Å². The van der Waals surface area contributed by atoms with Gasteiger partial charge in [0.1, 0.15) is 11.1 Å². The maximum Gasteiger partial charge on any atom is 0.307 e. The summed E-state index contributed by atoms with van der Waals surface area (Å²) in [4.78, 5) is 26.2. The lowest BCUT2D eigenvalue weighted by Gasteiger charge is -2.26. The first kappa shape index (κ1) is 21.4. The van der Waals surface area contributed by atoms with Crippen LogP contribution >= 0.6 is 11.3 Å². The quantitative estimate of drug-likeness (QED) is 0.663. The highest BCUT2D eigenvalue weighted by molar-refractivity contribution is 7.16. The van der Waals surface area contributed by atoms with E-state index >= 15 is 0 Å². The number of carboxylic acid groups (broad SMARTS) is 1. The van der Waals surface area contributed by atoms with Crippen LogP contribution in [0.2, 0.25) is 0 Å². The zero-order valence-electron chi connectivity index (χ0n) is 17.6. The van der Waals surface area contributed by atoms with Crippen molar-refractivity contribution in [2.24, 2.45) is 23.7 Å².